The molecule has 110 valence electrons. The van der Waals surface area contributed by atoms with Crippen LogP contribution in [-0.4, -0.2) is 29.6 Å². The molecule has 1 rings (SSSR count). The molecule has 1 aromatic rings. The van der Waals surface area contributed by atoms with Gasteiger partial charge in [-0.05, 0) is 31.5 Å². The molecule has 0 saturated carbocycles. The Bertz CT molecular complexity index is 504. The molecule has 0 radical (unpaired) electrons. The van der Waals surface area contributed by atoms with Gasteiger partial charge in [0.05, 0.1) is 10.9 Å². The van der Waals surface area contributed by atoms with E-state index in [1.54, 1.807) is 19.1 Å². The third kappa shape index (κ3) is 4.74. The van der Waals surface area contributed by atoms with Crippen LogP contribution in [0.1, 0.15) is 19.4 Å². The normalized spacial score (nSPS) is 13.4. The van der Waals surface area contributed by atoms with Gasteiger partial charge < -0.3 is 15.2 Å². The van der Waals surface area contributed by atoms with Crippen molar-refractivity contribution in [3.8, 4) is 5.75 Å². The summed E-state index contributed by atoms with van der Waals surface area (Å²) in [4.78, 5) is 22.5. The molecule has 0 aliphatic carbocycles. The van der Waals surface area contributed by atoms with E-state index < -0.39 is 18.0 Å². The molecule has 0 aliphatic heterocycles. The summed E-state index contributed by atoms with van der Waals surface area (Å²) in [7, 11) is 0. The van der Waals surface area contributed by atoms with Crippen LogP contribution in [0.3, 0.4) is 0 Å². The first kappa shape index (κ1) is 16.3. The van der Waals surface area contributed by atoms with Crippen molar-refractivity contribution in [2.24, 2.45) is 5.92 Å². The highest BCUT2D eigenvalue weighted by atomic mass is 35.5. The second-order valence-corrected chi connectivity index (χ2v) is 5.09. The van der Waals surface area contributed by atoms with Gasteiger partial charge in [0.15, 0.2) is 6.10 Å². The molecule has 0 saturated heterocycles. The van der Waals surface area contributed by atoms with Gasteiger partial charge in [0.25, 0.3) is 5.91 Å². The van der Waals surface area contributed by atoms with Crippen LogP contribution in [0.4, 0.5) is 0 Å². The monoisotopic (exact) mass is 299 g/mol. The highest BCUT2D eigenvalue weighted by Crippen LogP contribution is 2.26. The van der Waals surface area contributed by atoms with Gasteiger partial charge in [-0.15, -0.1) is 0 Å². The molecule has 2 N–H and O–H groups in total. The molecule has 0 heterocycles. The van der Waals surface area contributed by atoms with Crippen molar-refractivity contribution in [2.75, 3.05) is 6.54 Å². The molecule has 0 bridgehead atoms. The van der Waals surface area contributed by atoms with Gasteiger partial charge in [-0.1, -0.05) is 24.6 Å². The largest absolute Gasteiger partial charge is 0.481 e. The Hall–Kier alpha value is -1.75. The van der Waals surface area contributed by atoms with Crippen LogP contribution in [0.15, 0.2) is 18.2 Å². The number of benzene rings is 1. The van der Waals surface area contributed by atoms with Crippen molar-refractivity contribution in [3.63, 3.8) is 0 Å². The summed E-state index contributed by atoms with van der Waals surface area (Å²) in [6, 6.07) is 5.28. The maximum atomic E-state index is 11.8. The zero-order chi connectivity index (χ0) is 15.3. The van der Waals surface area contributed by atoms with E-state index >= 15 is 0 Å². The predicted molar refractivity (Wildman–Crippen MR) is 76.1 cm³/mol. The molecule has 6 heteroatoms. The minimum Gasteiger partial charge on any atom is -0.481 e. The Morgan fingerprint density at radius 1 is 1.40 bits per heavy atom. The van der Waals surface area contributed by atoms with Crippen LogP contribution in [-0.2, 0) is 9.59 Å². The number of nitrogens with one attached hydrogen (secondary N) is 1. The lowest BCUT2D eigenvalue weighted by Gasteiger charge is -2.16. The summed E-state index contributed by atoms with van der Waals surface area (Å²) < 4.78 is 5.49. The predicted octanol–water partition coefficient (Wildman–Crippen LogP) is 2.25. The molecule has 20 heavy (non-hydrogen) atoms. The first-order chi connectivity index (χ1) is 9.31. The van der Waals surface area contributed by atoms with Gasteiger partial charge >= 0.3 is 5.97 Å². The molecular formula is C14H18ClNO4. The summed E-state index contributed by atoms with van der Waals surface area (Å²) in [5, 5.41) is 11.7. The van der Waals surface area contributed by atoms with Gasteiger partial charge in [0, 0.05) is 6.54 Å². The minimum absolute atomic E-state index is 0.0589. The van der Waals surface area contributed by atoms with Crippen LogP contribution in [0.25, 0.3) is 0 Å². The van der Waals surface area contributed by atoms with Crippen molar-refractivity contribution >= 4 is 23.5 Å². The van der Waals surface area contributed by atoms with E-state index in [9.17, 15) is 9.59 Å². The van der Waals surface area contributed by atoms with E-state index in [-0.39, 0.29) is 12.5 Å². The molecule has 0 aliphatic rings. The first-order valence-corrected chi connectivity index (χ1v) is 6.62. The third-order valence-electron chi connectivity index (χ3n) is 2.76. The highest BCUT2D eigenvalue weighted by molar-refractivity contribution is 6.32. The molecule has 2 unspecified atom stereocenters. The van der Waals surface area contributed by atoms with Crippen LogP contribution < -0.4 is 10.1 Å². The number of carbonyl (C=O) groups excluding carboxylic acids is 1. The van der Waals surface area contributed by atoms with Gasteiger partial charge in [-0.25, -0.2) is 0 Å². The number of carbonyl (C=O) groups is 2. The zero-order valence-corrected chi connectivity index (χ0v) is 12.4. The van der Waals surface area contributed by atoms with E-state index in [0.717, 1.165) is 5.56 Å². The summed E-state index contributed by atoms with van der Waals surface area (Å²) >= 11 is 5.98. The fourth-order valence-electron chi connectivity index (χ4n) is 1.43. The Kier molecular flexibility index (Phi) is 5.82. The second-order valence-electron chi connectivity index (χ2n) is 4.68. The van der Waals surface area contributed by atoms with Gasteiger partial charge in [-0.2, -0.15) is 0 Å². The number of aliphatic carboxylic acids is 1. The maximum absolute atomic E-state index is 11.8. The number of rotatable bonds is 6. The number of carboxylic acid groups (broad SMARTS) is 1. The minimum atomic E-state index is -0.958. The van der Waals surface area contributed by atoms with Crippen molar-refractivity contribution in [3.05, 3.63) is 28.8 Å². The molecule has 1 amide bonds. The third-order valence-corrected chi connectivity index (χ3v) is 3.08. The highest BCUT2D eigenvalue weighted by Gasteiger charge is 2.18. The Balaban J connectivity index is 2.57. The smallest absolute Gasteiger partial charge is 0.308 e. The molecule has 5 nitrogen and oxygen atoms in total. The summed E-state index contributed by atoms with van der Waals surface area (Å²) in [5.41, 5.74) is 0.969. The summed E-state index contributed by atoms with van der Waals surface area (Å²) in [5.74, 6) is -1.55. The van der Waals surface area contributed by atoms with Crippen molar-refractivity contribution in [1.29, 1.82) is 0 Å². The number of carboxylic acids is 1. The topological polar surface area (TPSA) is 75.6 Å². The molecular weight excluding hydrogens is 282 g/mol. The number of amides is 1. The van der Waals surface area contributed by atoms with Gasteiger partial charge in [0.2, 0.25) is 0 Å². The lowest BCUT2D eigenvalue weighted by Crippen LogP contribution is -2.39. The fraction of sp³-hybridized carbons (Fsp3) is 0.429. The van der Waals surface area contributed by atoms with Crippen LogP contribution in [0, 0.1) is 12.8 Å². The zero-order valence-electron chi connectivity index (χ0n) is 11.6. The van der Waals surface area contributed by atoms with Crippen molar-refractivity contribution in [2.45, 2.75) is 26.9 Å². The quantitative estimate of drug-likeness (QED) is 0.845. The van der Waals surface area contributed by atoms with Gasteiger partial charge in [-0.3, -0.25) is 9.59 Å². The van der Waals surface area contributed by atoms with E-state index in [1.165, 1.54) is 6.92 Å². The van der Waals surface area contributed by atoms with Crippen LogP contribution in [0.2, 0.25) is 5.02 Å². The molecule has 1 aromatic carbocycles. The summed E-state index contributed by atoms with van der Waals surface area (Å²) in [6.07, 6.45) is -0.754. The number of hydrogen-bond donors (Lipinski definition) is 2. The summed E-state index contributed by atoms with van der Waals surface area (Å²) in [6.45, 7) is 5.05. The Morgan fingerprint density at radius 2 is 2.05 bits per heavy atom. The maximum Gasteiger partial charge on any atom is 0.308 e. The number of ether oxygens (including phenoxy) is 1. The number of halogens is 1. The Morgan fingerprint density at radius 3 is 2.65 bits per heavy atom. The molecule has 2 atom stereocenters. The van der Waals surface area contributed by atoms with Gasteiger partial charge in [0.1, 0.15) is 5.75 Å². The standard InChI is InChI=1S/C14H18ClNO4/c1-8-4-5-11(15)12(6-8)20-10(3)13(17)16-7-9(2)14(18)19/h4-6,9-10H,7H2,1-3H3,(H,16,17)(H,18,19). The fourth-order valence-corrected chi connectivity index (χ4v) is 1.59. The van der Waals surface area contributed by atoms with Crippen LogP contribution in [0.5, 0.6) is 5.75 Å². The lowest BCUT2D eigenvalue weighted by molar-refractivity contribution is -0.141. The number of aryl methyl sites for hydroxylation is 1. The van der Waals surface area contributed by atoms with E-state index in [2.05, 4.69) is 5.32 Å². The van der Waals surface area contributed by atoms with E-state index in [0.29, 0.717) is 10.8 Å². The second kappa shape index (κ2) is 7.14. The average molecular weight is 300 g/mol. The van der Waals surface area contributed by atoms with Crippen molar-refractivity contribution in [1.82, 2.24) is 5.32 Å². The number of hydrogen-bond acceptors (Lipinski definition) is 3. The first-order valence-electron chi connectivity index (χ1n) is 6.24. The lowest BCUT2D eigenvalue weighted by atomic mass is 10.2. The Labute approximate surface area is 122 Å². The molecule has 0 fully saturated rings. The van der Waals surface area contributed by atoms with Crippen molar-refractivity contribution < 1.29 is 19.4 Å². The van der Waals surface area contributed by atoms with E-state index in [1.807, 2.05) is 13.0 Å². The molecule has 0 aromatic heterocycles. The average Bonchev–Trinajstić information content (AvgIpc) is 2.39. The van der Waals surface area contributed by atoms with E-state index in [4.69, 9.17) is 21.4 Å². The molecule has 0 spiro atoms. The SMILES string of the molecule is Cc1ccc(Cl)c(OC(C)C(=O)NCC(C)C(=O)O)c1. The van der Waals surface area contributed by atoms with Crippen LogP contribution >= 0.6 is 11.6 Å².